The summed E-state index contributed by atoms with van der Waals surface area (Å²) in [6, 6.07) is 0. The van der Waals surface area contributed by atoms with Gasteiger partial charge in [0.15, 0.2) is 0 Å². The van der Waals surface area contributed by atoms with Crippen molar-refractivity contribution in [3.8, 4) is 0 Å². The molecule has 0 aliphatic heterocycles. The molecule has 0 fully saturated rings. The predicted octanol–water partition coefficient (Wildman–Crippen LogP) is 10.1. The monoisotopic (exact) mass is 514 g/mol. The van der Waals surface area contributed by atoms with Crippen LogP contribution in [0.4, 0.5) is 0 Å². The van der Waals surface area contributed by atoms with E-state index in [0.717, 1.165) is 0 Å². The summed E-state index contributed by atoms with van der Waals surface area (Å²) in [5, 5.41) is 0. The molecule has 0 atom stereocenters. The number of rotatable bonds is 21. The maximum atomic E-state index is 2.76. The van der Waals surface area contributed by atoms with Crippen LogP contribution in [-0.4, -0.2) is 25.2 Å². The summed E-state index contributed by atoms with van der Waals surface area (Å²) in [6.07, 6.45) is 31.4. The number of halogens is 1. The van der Waals surface area contributed by atoms with Crippen molar-refractivity contribution in [1.82, 2.24) is 0 Å². The van der Waals surface area contributed by atoms with Crippen molar-refractivity contribution in [1.29, 1.82) is 0 Å². The Balaban J connectivity index is 0. The van der Waals surface area contributed by atoms with Crippen molar-refractivity contribution in [2.45, 2.75) is 136 Å². The maximum absolute atomic E-state index is 2.76. The zero-order chi connectivity index (χ0) is 19.3. The van der Waals surface area contributed by atoms with Gasteiger partial charge in [-0.1, -0.05) is 0 Å². The van der Waals surface area contributed by atoms with Gasteiger partial charge in [0.25, 0.3) is 0 Å². The van der Waals surface area contributed by atoms with Crippen LogP contribution < -0.4 is 0 Å². The first-order chi connectivity index (χ1) is 12.7. The molecule has 0 aromatic heterocycles. The van der Waals surface area contributed by atoms with Crippen molar-refractivity contribution in [2.75, 3.05) is 25.2 Å². The molecule has 0 unspecified atom stereocenters. The molecule has 168 valence electrons. The van der Waals surface area contributed by atoms with E-state index in [2.05, 4.69) is 27.4 Å². The van der Waals surface area contributed by atoms with Gasteiger partial charge in [0.2, 0.25) is 0 Å². The smallest absolute Gasteiger partial charge is 0.107 e. The molecule has 0 aromatic rings. The van der Waals surface area contributed by atoms with E-state index in [1.807, 2.05) is 0 Å². The molecular weight excluding hydrogens is 458 g/mol. The largest absolute Gasteiger partial charge is 0.107 e. The van der Waals surface area contributed by atoms with E-state index in [0.29, 0.717) is 0 Å². The third-order valence-corrected chi connectivity index (χ3v) is 11.1. The summed E-state index contributed by atoms with van der Waals surface area (Å²) in [7, 11) is -0.955. The number of hydrogen-bond acceptors (Lipinski definition) is 0. The molecule has 0 aliphatic rings. The Morgan fingerprint density at radius 2 is 0.593 bits per heavy atom. The van der Waals surface area contributed by atoms with E-state index in [1.54, 1.807) is 18.5 Å². The van der Waals surface area contributed by atoms with E-state index in [1.165, 1.54) is 116 Å². The summed E-state index contributed by atoms with van der Waals surface area (Å²) in [6.45, 7) is 9.73. The second-order valence-electron chi connectivity index (χ2n) is 9.36. The second-order valence-corrected chi connectivity index (χ2v) is 14.5. The van der Waals surface area contributed by atoms with E-state index < -0.39 is 7.26 Å². The van der Waals surface area contributed by atoms with Crippen molar-refractivity contribution in [3.63, 3.8) is 0 Å². The first-order valence-corrected chi connectivity index (χ1v) is 15.8. The molecular formula is C25H56IP. The normalized spacial score (nSPS) is 12.1. The fraction of sp³-hybridized carbons (Fsp3) is 1.00. The van der Waals surface area contributed by atoms with E-state index in [9.17, 15) is 0 Å². The third kappa shape index (κ3) is 21.7. The number of hydrogen-bond donors (Lipinski definition) is 0. The van der Waals surface area contributed by atoms with Crippen LogP contribution in [0.1, 0.15) is 136 Å². The van der Waals surface area contributed by atoms with Gasteiger partial charge in [-0.25, -0.2) is 0 Å². The average molecular weight is 515 g/mol. The molecule has 0 nitrogen and oxygen atoms in total. The van der Waals surface area contributed by atoms with Gasteiger partial charge in [-0.05, 0) is 0 Å². The first kappa shape index (κ1) is 30.4. The standard InChI is InChI=1S/C25H55P.HI/c1-5-8-11-14-17-20-23-26(4,24-21-18-15-12-9-6-2)25-22-19-16-13-10-7-3;/h26H,5-25H2,1-4H3;1H. The summed E-state index contributed by atoms with van der Waals surface area (Å²) >= 11 is 0. The minimum atomic E-state index is -0.955. The molecule has 27 heavy (non-hydrogen) atoms. The fourth-order valence-electron chi connectivity index (χ4n) is 4.37. The van der Waals surface area contributed by atoms with Crippen LogP contribution in [0.2, 0.25) is 0 Å². The minimum absolute atomic E-state index is 0. The third-order valence-electron chi connectivity index (χ3n) is 6.40. The molecule has 0 N–H and O–H groups in total. The summed E-state index contributed by atoms with van der Waals surface area (Å²) in [5.74, 6) is 0. The van der Waals surface area contributed by atoms with Crippen LogP contribution in [0.15, 0.2) is 0 Å². The molecule has 0 saturated carbocycles. The maximum Gasteiger partial charge on any atom is -0.107 e. The van der Waals surface area contributed by atoms with Crippen molar-refractivity contribution in [2.24, 2.45) is 0 Å². The predicted molar refractivity (Wildman–Crippen MR) is 144 cm³/mol. The fourth-order valence-corrected chi connectivity index (χ4v) is 8.43. The van der Waals surface area contributed by atoms with Crippen LogP contribution in [0.3, 0.4) is 0 Å². The second kappa shape index (κ2) is 23.4. The van der Waals surface area contributed by atoms with E-state index in [4.69, 9.17) is 0 Å². The zero-order valence-corrected chi connectivity index (χ0v) is 23.1. The van der Waals surface area contributed by atoms with Crippen LogP contribution in [0, 0.1) is 0 Å². The van der Waals surface area contributed by atoms with Gasteiger partial charge in [-0.15, -0.1) is 24.0 Å². The molecule has 0 spiro atoms. The molecule has 0 heterocycles. The van der Waals surface area contributed by atoms with Crippen molar-refractivity contribution >= 4 is 31.2 Å². The van der Waals surface area contributed by atoms with Crippen molar-refractivity contribution < 1.29 is 0 Å². The van der Waals surface area contributed by atoms with Crippen LogP contribution >= 0.6 is 31.2 Å². The van der Waals surface area contributed by atoms with Gasteiger partial charge in [-0.3, -0.25) is 0 Å². The molecule has 0 rings (SSSR count). The Morgan fingerprint density at radius 1 is 0.370 bits per heavy atom. The van der Waals surface area contributed by atoms with Crippen molar-refractivity contribution in [3.05, 3.63) is 0 Å². The summed E-state index contributed by atoms with van der Waals surface area (Å²) < 4.78 is 0. The van der Waals surface area contributed by atoms with Gasteiger partial charge < -0.3 is 0 Å². The Morgan fingerprint density at radius 3 is 0.852 bits per heavy atom. The Kier molecular flexibility index (Phi) is 26.4. The molecule has 0 radical (unpaired) electrons. The van der Waals surface area contributed by atoms with E-state index in [-0.39, 0.29) is 24.0 Å². The molecule has 0 amide bonds. The summed E-state index contributed by atoms with van der Waals surface area (Å²) in [4.78, 5) is 0. The minimum Gasteiger partial charge on any atom is -0.107 e. The SMILES string of the molecule is CCCCCCCC[PH](C)(CCCCCCCC)CCCCCCCC.I. The summed E-state index contributed by atoms with van der Waals surface area (Å²) in [5.41, 5.74) is 0. The molecule has 0 saturated heterocycles. The van der Waals surface area contributed by atoms with Crippen LogP contribution in [0.25, 0.3) is 0 Å². The molecule has 0 aliphatic carbocycles. The Labute approximate surface area is 192 Å². The van der Waals surface area contributed by atoms with Gasteiger partial charge in [-0.2, -0.15) is 0 Å². The van der Waals surface area contributed by atoms with Crippen LogP contribution in [0.5, 0.6) is 0 Å². The van der Waals surface area contributed by atoms with Gasteiger partial charge in [0.05, 0.1) is 0 Å². The molecule has 2 heteroatoms. The topological polar surface area (TPSA) is 0 Å². The van der Waals surface area contributed by atoms with Gasteiger partial charge in [0.1, 0.15) is 0 Å². The van der Waals surface area contributed by atoms with Gasteiger partial charge >= 0.3 is 169 Å². The molecule has 0 aromatic carbocycles. The van der Waals surface area contributed by atoms with E-state index >= 15 is 0 Å². The van der Waals surface area contributed by atoms with Gasteiger partial charge in [0, 0.05) is 0 Å². The quantitative estimate of drug-likeness (QED) is 0.0812. The Hall–Kier alpha value is 1.16. The zero-order valence-electron chi connectivity index (χ0n) is 19.8. The average Bonchev–Trinajstić information content (AvgIpc) is 2.64. The first-order valence-electron chi connectivity index (χ1n) is 12.7. The van der Waals surface area contributed by atoms with Crippen LogP contribution in [-0.2, 0) is 0 Å². The molecule has 0 bridgehead atoms. The Bertz CT molecular complexity index is 226. The number of unbranched alkanes of at least 4 members (excludes halogenated alkanes) is 15.